The number of hydrazone groups is 1. The lowest BCUT2D eigenvalue weighted by atomic mass is 10.2. The summed E-state index contributed by atoms with van der Waals surface area (Å²) in [7, 11) is 0. The highest BCUT2D eigenvalue weighted by Crippen LogP contribution is 2.22. The van der Waals surface area contributed by atoms with Crippen LogP contribution in [-0.4, -0.2) is 11.2 Å². The second kappa shape index (κ2) is 8.31. The second-order valence-corrected chi connectivity index (χ2v) is 5.38. The van der Waals surface area contributed by atoms with Crippen LogP contribution in [0.15, 0.2) is 59.7 Å². The maximum atomic E-state index is 13.6. The van der Waals surface area contributed by atoms with E-state index in [0.29, 0.717) is 17.9 Å². The Balaban J connectivity index is 1.75. The molecule has 0 radical (unpaired) electrons. The lowest BCUT2D eigenvalue weighted by Gasteiger charge is -2.09. The van der Waals surface area contributed by atoms with Crippen molar-refractivity contribution in [3.05, 3.63) is 89.3 Å². The average molecular weight is 375 g/mol. The first kappa shape index (κ1) is 18.4. The highest BCUT2D eigenvalue weighted by molar-refractivity contribution is 5.84. The van der Waals surface area contributed by atoms with Gasteiger partial charge in [-0.15, -0.1) is 0 Å². The molecular formula is C19H13F4N3O. The van der Waals surface area contributed by atoms with Crippen molar-refractivity contribution in [1.82, 2.24) is 4.98 Å². The molecule has 0 amide bonds. The van der Waals surface area contributed by atoms with Crippen LogP contribution in [0.25, 0.3) is 0 Å². The van der Waals surface area contributed by atoms with Crippen LogP contribution in [0.5, 0.6) is 5.75 Å². The van der Waals surface area contributed by atoms with Crippen molar-refractivity contribution in [3.8, 4) is 5.75 Å². The predicted molar refractivity (Wildman–Crippen MR) is 92.5 cm³/mol. The Morgan fingerprint density at radius 1 is 0.889 bits per heavy atom. The van der Waals surface area contributed by atoms with Crippen LogP contribution < -0.4 is 10.2 Å². The molecular weight excluding hydrogens is 362 g/mol. The summed E-state index contributed by atoms with van der Waals surface area (Å²) in [4.78, 5) is 2.47. The molecule has 0 aliphatic carbocycles. The summed E-state index contributed by atoms with van der Waals surface area (Å²) in [5, 5.41) is 3.64. The molecule has 3 aromatic rings. The lowest BCUT2D eigenvalue weighted by Crippen LogP contribution is -2.06. The van der Waals surface area contributed by atoms with Gasteiger partial charge in [-0.05, 0) is 17.7 Å². The van der Waals surface area contributed by atoms with Crippen molar-refractivity contribution in [3.63, 3.8) is 0 Å². The van der Waals surface area contributed by atoms with Gasteiger partial charge in [-0.25, -0.2) is 0 Å². The molecule has 1 heterocycles. The molecule has 1 aromatic heterocycles. The summed E-state index contributed by atoms with van der Waals surface area (Å²) in [5.74, 6) is -6.39. The zero-order valence-electron chi connectivity index (χ0n) is 13.8. The molecule has 0 spiro atoms. The number of pyridine rings is 1. The highest BCUT2D eigenvalue weighted by atomic mass is 19.2. The van der Waals surface area contributed by atoms with Gasteiger partial charge in [-0.1, -0.05) is 42.5 Å². The van der Waals surface area contributed by atoms with Crippen LogP contribution in [0.2, 0.25) is 0 Å². The Labute approximate surface area is 152 Å². The number of rotatable bonds is 6. The van der Waals surface area contributed by atoms with Crippen LogP contribution in [0.4, 0.5) is 23.2 Å². The maximum absolute atomic E-state index is 13.6. The van der Waals surface area contributed by atoms with Crippen LogP contribution >= 0.6 is 0 Å². The third-order valence-electron chi connectivity index (χ3n) is 3.53. The van der Waals surface area contributed by atoms with Crippen molar-refractivity contribution in [2.75, 3.05) is 5.43 Å². The number of aromatic nitrogens is 1. The molecule has 3 rings (SSSR count). The number of nitrogens with one attached hydrogen (secondary N) is 1. The fourth-order valence-electron chi connectivity index (χ4n) is 2.21. The smallest absolute Gasteiger partial charge is 0.254 e. The van der Waals surface area contributed by atoms with E-state index in [9.17, 15) is 17.6 Å². The first-order valence-electron chi connectivity index (χ1n) is 7.81. The van der Waals surface area contributed by atoms with Gasteiger partial charge in [0.15, 0.2) is 0 Å². The van der Waals surface area contributed by atoms with Crippen LogP contribution in [0.1, 0.15) is 11.1 Å². The molecule has 1 N–H and O–H groups in total. The third kappa shape index (κ3) is 4.41. The van der Waals surface area contributed by atoms with Gasteiger partial charge in [0.05, 0.1) is 6.21 Å². The van der Waals surface area contributed by atoms with E-state index >= 15 is 0 Å². The number of hydrogen-bond acceptors (Lipinski definition) is 4. The van der Waals surface area contributed by atoms with E-state index in [2.05, 4.69) is 10.1 Å². The zero-order chi connectivity index (χ0) is 19.2. The summed E-state index contributed by atoms with van der Waals surface area (Å²) in [6.45, 7) is 0.309. The van der Waals surface area contributed by atoms with E-state index in [1.165, 1.54) is 6.21 Å². The van der Waals surface area contributed by atoms with Gasteiger partial charge in [-0.2, -0.15) is 27.6 Å². The number of hydrogen-bond donors (Lipinski definition) is 1. The molecule has 0 aliphatic rings. The van der Waals surface area contributed by atoms with Gasteiger partial charge in [0.25, 0.3) is 11.9 Å². The number of benzene rings is 2. The summed E-state index contributed by atoms with van der Waals surface area (Å²) in [6.07, 6.45) is 1.22. The Kier molecular flexibility index (Phi) is 5.65. The molecule has 0 saturated carbocycles. The van der Waals surface area contributed by atoms with E-state index in [4.69, 9.17) is 4.74 Å². The average Bonchev–Trinajstić information content (AvgIpc) is 2.69. The minimum atomic E-state index is -1.77. The minimum absolute atomic E-state index is 0.309. The molecule has 0 bridgehead atoms. The molecule has 0 unspecified atom stereocenters. The Morgan fingerprint density at radius 2 is 1.52 bits per heavy atom. The molecule has 0 atom stereocenters. The van der Waals surface area contributed by atoms with Gasteiger partial charge in [0.1, 0.15) is 18.0 Å². The van der Waals surface area contributed by atoms with E-state index in [1.54, 1.807) is 24.3 Å². The van der Waals surface area contributed by atoms with Crippen LogP contribution in [0.3, 0.4) is 0 Å². The fourth-order valence-corrected chi connectivity index (χ4v) is 2.21. The Hall–Kier alpha value is -3.42. The van der Waals surface area contributed by atoms with E-state index in [0.717, 1.165) is 5.56 Å². The number of halogens is 4. The predicted octanol–water partition coefficient (Wildman–Crippen LogP) is 4.66. The fraction of sp³-hybridized carbons (Fsp3) is 0.0526. The first-order chi connectivity index (χ1) is 13.1. The molecule has 0 aliphatic heterocycles. The molecule has 8 heteroatoms. The van der Waals surface area contributed by atoms with Crippen molar-refractivity contribution in [2.45, 2.75) is 6.61 Å². The molecule has 27 heavy (non-hydrogen) atoms. The highest BCUT2D eigenvalue weighted by Gasteiger charge is 2.20. The molecule has 138 valence electrons. The van der Waals surface area contributed by atoms with Gasteiger partial charge in [0.2, 0.25) is 11.6 Å². The summed E-state index contributed by atoms with van der Waals surface area (Å²) in [6, 6.07) is 16.3. The van der Waals surface area contributed by atoms with Gasteiger partial charge in [0, 0.05) is 5.56 Å². The molecule has 2 aromatic carbocycles. The number of anilines is 1. The topological polar surface area (TPSA) is 46.5 Å². The molecule has 0 saturated heterocycles. The minimum Gasteiger partial charge on any atom is -0.488 e. The van der Waals surface area contributed by atoms with Crippen LogP contribution in [0, 0.1) is 23.5 Å². The van der Waals surface area contributed by atoms with E-state index < -0.39 is 29.2 Å². The number of ether oxygens (including phenoxy) is 1. The molecule has 4 nitrogen and oxygen atoms in total. The van der Waals surface area contributed by atoms with Gasteiger partial charge >= 0.3 is 0 Å². The number of nitrogens with zero attached hydrogens (tertiary/aromatic N) is 2. The molecule has 0 fully saturated rings. The van der Waals surface area contributed by atoms with E-state index in [1.807, 2.05) is 35.8 Å². The normalized spacial score (nSPS) is 11.0. The monoisotopic (exact) mass is 375 g/mol. The summed E-state index contributed by atoms with van der Waals surface area (Å²) < 4.78 is 59.0. The van der Waals surface area contributed by atoms with E-state index in [-0.39, 0.29) is 0 Å². The third-order valence-corrected chi connectivity index (χ3v) is 3.53. The quantitative estimate of drug-likeness (QED) is 0.295. The van der Waals surface area contributed by atoms with Gasteiger partial charge < -0.3 is 4.74 Å². The largest absolute Gasteiger partial charge is 0.488 e. The van der Waals surface area contributed by atoms with Crippen molar-refractivity contribution in [1.29, 1.82) is 0 Å². The van der Waals surface area contributed by atoms with Crippen molar-refractivity contribution in [2.24, 2.45) is 5.10 Å². The van der Waals surface area contributed by atoms with Gasteiger partial charge in [-0.3, -0.25) is 5.43 Å². The van der Waals surface area contributed by atoms with Crippen LogP contribution in [-0.2, 0) is 6.61 Å². The number of para-hydroxylation sites is 1. The Morgan fingerprint density at radius 3 is 2.22 bits per heavy atom. The standard InChI is InChI=1S/C19H13F4N3O/c20-15-17(16(21)19(23)25-18(15)22)26-24-10-13-8-4-5-9-14(13)27-11-12-6-2-1-3-7-12/h1-10H,11H2,(H,25,26)/b24-10-. The van der Waals surface area contributed by atoms with Crippen molar-refractivity contribution < 1.29 is 22.3 Å². The lowest BCUT2D eigenvalue weighted by molar-refractivity contribution is 0.306. The SMILES string of the molecule is Fc1nc(F)c(F)c(N/N=C\c2ccccc2OCc2ccccc2)c1F. The maximum Gasteiger partial charge on any atom is 0.254 e. The Bertz CT molecular complexity index is 938. The summed E-state index contributed by atoms with van der Waals surface area (Å²) in [5.41, 5.74) is 2.34. The second-order valence-electron chi connectivity index (χ2n) is 5.38. The summed E-state index contributed by atoms with van der Waals surface area (Å²) >= 11 is 0. The first-order valence-corrected chi connectivity index (χ1v) is 7.81. The zero-order valence-corrected chi connectivity index (χ0v) is 13.8. The van der Waals surface area contributed by atoms with Crippen molar-refractivity contribution >= 4 is 11.9 Å².